The Labute approximate surface area is 128 Å². The van der Waals surface area contributed by atoms with Gasteiger partial charge in [0.2, 0.25) is 0 Å². The van der Waals surface area contributed by atoms with Crippen LogP contribution < -0.4 is 16.4 Å². The summed E-state index contributed by atoms with van der Waals surface area (Å²) in [5.41, 5.74) is 6.39. The third-order valence-electron chi connectivity index (χ3n) is 2.70. The number of nitrogen functional groups attached to an aromatic ring is 1. The number of carbonyl (C=O) groups is 2. The number of nitrogens with zero attached hydrogens (tertiary/aromatic N) is 1. The van der Waals surface area contributed by atoms with Crippen molar-refractivity contribution >= 4 is 33.9 Å². The van der Waals surface area contributed by atoms with Crippen molar-refractivity contribution in [2.45, 2.75) is 6.92 Å². The molecule has 0 unspecified atom stereocenters. The molecule has 0 fully saturated rings. The first kappa shape index (κ1) is 17.3. The molecule has 4 N–H and O–H groups in total. The summed E-state index contributed by atoms with van der Waals surface area (Å²) in [6.07, 6.45) is 0. The van der Waals surface area contributed by atoms with E-state index in [0.29, 0.717) is 17.1 Å². The zero-order valence-electron chi connectivity index (χ0n) is 12.8. The van der Waals surface area contributed by atoms with E-state index in [1.165, 1.54) is 7.05 Å². The maximum absolute atomic E-state index is 12.0. The van der Waals surface area contributed by atoms with Crippen LogP contribution in [0.5, 0.6) is 0 Å². The van der Waals surface area contributed by atoms with Gasteiger partial charge in [-0.05, 0) is 21.0 Å². The average molecular weight is 314 g/mol. The van der Waals surface area contributed by atoms with Gasteiger partial charge in [-0.2, -0.15) is 0 Å². The second-order valence-corrected chi connectivity index (χ2v) is 5.60. The summed E-state index contributed by atoms with van der Waals surface area (Å²) < 4.78 is 4.96. The van der Waals surface area contributed by atoms with Gasteiger partial charge in [0.1, 0.15) is 9.88 Å². The van der Waals surface area contributed by atoms with Gasteiger partial charge in [-0.25, -0.2) is 4.79 Å². The number of amides is 1. The van der Waals surface area contributed by atoms with Crippen molar-refractivity contribution in [2.75, 3.05) is 51.9 Å². The number of ether oxygens (including phenoxy) is 1. The van der Waals surface area contributed by atoms with Crippen molar-refractivity contribution < 1.29 is 14.3 Å². The van der Waals surface area contributed by atoms with E-state index in [1.54, 1.807) is 6.92 Å². The van der Waals surface area contributed by atoms with Gasteiger partial charge < -0.3 is 26.0 Å². The highest BCUT2D eigenvalue weighted by molar-refractivity contribution is 7.19. The van der Waals surface area contributed by atoms with Gasteiger partial charge in [-0.15, -0.1) is 11.3 Å². The van der Waals surface area contributed by atoms with Crippen molar-refractivity contribution in [3.05, 3.63) is 10.4 Å². The van der Waals surface area contributed by atoms with E-state index >= 15 is 0 Å². The third-order valence-corrected chi connectivity index (χ3v) is 3.85. The van der Waals surface area contributed by atoms with Crippen LogP contribution in [-0.2, 0) is 4.74 Å². The normalized spacial score (nSPS) is 10.5. The fourth-order valence-corrected chi connectivity index (χ4v) is 2.70. The van der Waals surface area contributed by atoms with Crippen LogP contribution in [0.1, 0.15) is 27.0 Å². The Morgan fingerprint density at radius 3 is 2.57 bits per heavy atom. The van der Waals surface area contributed by atoms with Crippen LogP contribution in [0.4, 0.5) is 10.7 Å². The van der Waals surface area contributed by atoms with Gasteiger partial charge >= 0.3 is 5.97 Å². The number of anilines is 2. The topological polar surface area (TPSA) is 96.7 Å². The van der Waals surface area contributed by atoms with Crippen molar-refractivity contribution in [2.24, 2.45) is 0 Å². The van der Waals surface area contributed by atoms with Gasteiger partial charge in [0.05, 0.1) is 17.9 Å². The van der Waals surface area contributed by atoms with E-state index in [0.717, 1.165) is 17.9 Å². The number of carbonyl (C=O) groups excluding carboxylic acids is 2. The minimum absolute atomic E-state index is 0.158. The van der Waals surface area contributed by atoms with E-state index in [9.17, 15) is 9.59 Å². The molecule has 0 saturated carbocycles. The molecular weight excluding hydrogens is 292 g/mol. The second-order valence-electron chi connectivity index (χ2n) is 4.58. The zero-order valence-corrected chi connectivity index (χ0v) is 13.6. The number of rotatable bonds is 7. The van der Waals surface area contributed by atoms with Crippen LogP contribution in [-0.4, -0.2) is 57.6 Å². The van der Waals surface area contributed by atoms with Crippen LogP contribution in [0.2, 0.25) is 0 Å². The summed E-state index contributed by atoms with van der Waals surface area (Å²) >= 11 is 1.14. The second kappa shape index (κ2) is 7.84. The summed E-state index contributed by atoms with van der Waals surface area (Å²) in [6, 6.07) is 0. The number of hydrogen-bond acceptors (Lipinski definition) is 7. The van der Waals surface area contributed by atoms with Gasteiger partial charge in [0.25, 0.3) is 5.91 Å². The number of likely N-dealkylation sites (N-methyl/N-ethyl adjacent to an activating group) is 1. The molecule has 0 saturated heterocycles. The van der Waals surface area contributed by atoms with E-state index in [-0.39, 0.29) is 23.1 Å². The maximum Gasteiger partial charge on any atom is 0.350 e. The molecule has 0 bridgehead atoms. The van der Waals surface area contributed by atoms with Crippen molar-refractivity contribution in [1.29, 1.82) is 0 Å². The number of nitrogens with one attached hydrogen (secondary N) is 2. The van der Waals surface area contributed by atoms with Crippen LogP contribution >= 0.6 is 11.3 Å². The summed E-state index contributed by atoms with van der Waals surface area (Å²) in [5, 5.41) is 6.26. The van der Waals surface area contributed by atoms with Crippen LogP contribution in [0.15, 0.2) is 0 Å². The largest absolute Gasteiger partial charge is 0.462 e. The molecule has 0 aliphatic heterocycles. The monoisotopic (exact) mass is 314 g/mol. The van der Waals surface area contributed by atoms with Gasteiger partial charge in [-0.1, -0.05) is 0 Å². The average Bonchev–Trinajstić information content (AvgIpc) is 2.75. The maximum atomic E-state index is 12.0. The van der Waals surface area contributed by atoms with Crippen molar-refractivity contribution in [3.8, 4) is 0 Å². The van der Waals surface area contributed by atoms with Gasteiger partial charge in [0.15, 0.2) is 0 Å². The van der Waals surface area contributed by atoms with Crippen LogP contribution in [0.3, 0.4) is 0 Å². The Morgan fingerprint density at radius 1 is 1.38 bits per heavy atom. The minimum Gasteiger partial charge on any atom is -0.462 e. The number of hydrogen-bond donors (Lipinski definition) is 3. The number of esters is 1. The molecule has 7 nitrogen and oxygen atoms in total. The molecule has 0 radical (unpaired) electrons. The summed E-state index contributed by atoms with van der Waals surface area (Å²) in [5.74, 6) is -0.836. The highest BCUT2D eigenvalue weighted by Crippen LogP contribution is 2.36. The highest BCUT2D eigenvalue weighted by Gasteiger charge is 2.25. The third kappa shape index (κ3) is 4.33. The summed E-state index contributed by atoms with van der Waals surface area (Å²) in [6.45, 7) is 3.41. The van der Waals surface area contributed by atoms with Crippen molar-refractivity contribution in [3.63, 3.8) is 0 Å². The summed E-state index contributed by atoms with van der Waals surface area (Å²) in [7, 11) is 5.43. The molecule has 0 aliphatic rings. The fraction of sp³-hybridized carbons (Fsp3) is 0.538. The highest BCUT2D eigenvalue weighted by atomic mass is 32.1. The van der Waals surface area contributed by atoms with Gasteiger partial charge in [-0.3, -0.25) is 4.79 Å². The molecule has 0 aromatic carbocycles. The molecule has 1 rings (SSSR count). The fourth-order valence-electron chi connectivity index (χ4n) is 1.66. The minimum atomic E-state index is -0.509. The predicted molar refractivity (Wildman–Crippen MR) is 85.1 cm³/mol. The quantitative estimate of drug-likeness (QED) is 0.645. The molecule has 0 aliphatic carbocycles. The summed E-state index contributed by atoms with van der Waals surface area (Å²) in [4.78, 5) is 26.1. The zero-order chi connectivity index (χ0) is 16.0. The first-order valence-corrected chi connectivity index (χ1v) is 7.44. The predicted octanol–water partition coefficient (Wildman–Crippen LogP) is 0.840. The lowest BCUT2D eigenvalue weighted by molar-refractivity contribution is 0.0533. The Morgan fingerprint density at radius 2 is 2.05 bits per heavy atom. The van der Waals surface area contributed by atoms with E-state index in [4.69, 9.17) is 10.5 Å². The Bertz CT molecular complexity index is 514. The molecular formula is C13H22N4O3S. The number of thiophene rings is 1. The standard InChI is InChI=1S/C13H22N4O3S/c1-5-20-13(19)10-9(14)8(11(18)15-2)12(21-10)16-6-7-17(3)4/h16H,5-7,14H2,1-4H3,(H,15,18). The molecule has 1 heterocycles. The molecule has 0 atom stereocenters. The molecule has 8 heteroatoms. The van der Waals surface area contributed by atoms with Crippen molar-refractivity contribution in [1.82, 2.24) is 10.2 Å². The smallest absolute Gasteiger partial charge is 0.350 e. The molecule has 118 valence electrons. The number of nitrogens with two attached hydrogens (primary N) is 1. The van der Waals surface area contributed by atoms with Crippen LogP contribution in [0.25, 0.3) is 0 Å². The lowest BCUT2D eigenvalue weighted by atomic mass is 10.2. The van der Waals surface area contributed by atoms with E-state index < -0.39 is 5.97 Å². The SMILES string of the molecule is CCOC(=O)c1sc(NCCN(C)C)c(C(=O)NC)c1N. The van der Waals surface area contributed by atoms with Gasteiger partial charge in [0, 0.05) is 20.1 Å². The Kier molecular flexibility index (Phi) is 6.44. The molecule has 0 spiro atoms. The molecule has 21 heavy (non-hydrogen) atoms. The lowest BCUT2D eigenvalue weighted by Crippen LogP contribution is -2.23. The molecule has 1 aromatic heterocycles. The van der Waals surface area contributed by atoms with E-state index in [1.807, 2.05) is 19.0 Å². The van der Waals surface area contributed by atoms with Crippen LogP contribution in [0, 0.1) is 0 Å². The first-order valence-electron chi connectivity index (χ1n) is 6.62. The lowest BCUT2D eigenvalue weighted by Gasteiger charge is -2.11. The molecule has 1 amide bonds. The Balaban J connectivity index is 3.06. The van der Waals surface area contributed by atoms with E-state index in [2.05, 4.69) is 10.6 Å². The molecule has 1 aromatic rings. The Hall–Kier alpha value is -1.80. The first-order chi connectivity index (χ1) is 9.92.